The van der Waals surface area contributed by atoms with Gasteiger partial charge in [-0.05, 0) is 47.9 Å². The Balaban J connectivity index is 1.46. The van der Waals surface area contributed by atoms with Crippen LogP contribution in [0.1, 0.15) is 11.4 Å². The summed E-state index contributed by atoms with van der Waals surface area (Å²) in [6.45, 7) is 0. The largest absolute Gasteiger partial charge is 0.471 e. The van der Waals surface area contributed by atoms with Gasteiger partial charge in [-0.15, -0.1) is 0 Å². The van der Waals surface area contributed by atoms with E-state index in [1.807, 2.05) is 12.1 Å². The second kappa shape index (κ2) is 10.2. The van der Waals surface area contributed by atoms with Gasteiger partial charge in [0, 0.05) is 12.0 Å². The maximum atomic E-state index is 12.7. The molecule has 0 saturated carbocycles. The summed E-state index contributed by atoms with van der Waals surface area (Å²) in [5.41, 5.74) is 3.91. The van der Waals surface area contributed by atoms with Crippen molar-refractivity contribution in [3.05, 3.63) is 78.1 Å². The summed E-state index contributed by atoms with van der Waals surface area (Å²) in [5.74, 6) is 0.0736. The second-order valence-corrected chi connectivity index (χ2v) is 10.3. The highest BCUT2D eigenvalue weighted by Crippen LogP contribution is 2.36. The molecule has 0 fully saturated rings. The van der Waals surface area contributed by atoms with E-state index in [1.165, 1.54) is 12.1 Å². The van der Waals surface area contributed by atoms with E-state index in [2.05, 4.69) is 19.4 Å². The summed E-state index contributed by atoms with van der Waals surface area (Å²) < 4.78 is 106. The summed E-state index contributed by atoms with van der Waals surface area (Å²) in [7, 11) is -3.48. The van der Waals surface area contributed by atoms with Crippen LogP contribution in [0.2, 0.25) is 0 Å². The van der Waals surface area contributed by atoms with Gasteiger partial charge in [0.2, 0.25) is 10.0 Å². The van der Waals surface area contributed by atoms with Gasteiger partial charge >= 0.3 is 12.4 Å². The molecule has 0 aliphatic carbocycles. The average molecular weight is 558 g/mol. The number of aromatic nitrogens is 2. The molecule has 0 aliphatic heterocycles. The number of hydrogen-bond donors (Lipinski definition) is 2. The van der Waals surface area contributed by atoms with Crippen molar-refractivity contribution in [2.24, 2.45) is 0 Å². The van der Waals surface area contributed by atoms with Crippen LogP contribution >= 0.6 is 0 Å². The highest BCUT2D eigenvalue weighted by molar-refractivity contribution is 7.92. The predicted molar refractivity (Wildman–Crippen MR) is 130 cm³/mol. The van der Waals surface area contributed by atoms with Gasteiger partial charge in [0.05, 0.1) is 23.0 Å². The van der Waals surface area contributed by atoms with Crippen molar-refractivity contribution in [1.82, 2.24) is 9.97 Å². The zero-order valence-corrected chi connectivity index (χ0v) is 20.5. The molecule has 0 radical (unpaired) electrons. The highest BCUT2D eigenvalue weighted by atomic mass is 32.2. The minimum Gasteiger partial charge on any atom is -0.471 e. The van der Waals surface area contributed by atoms with E-state index >= 15 is 0 Å². The fraction of sp³-hybridized carbons (Fsp3) is 0.240. The first-order valence-electron chi connectivity index (χ1n) is 11.1. The molecule has 3 aromatic carbocycles. The van der Waals surface area contributed by atoms with Crippen LogP contribution in [0.4, 0.5) is 32.0 Å². The van der Waals surface area contributed by atoms with Crippen LogP contribution in [0.25, 0.3) is 22.2 Å². The number of nitrogens with one attached hydrogen (secondary N) is 2. The Kier molecular flexibility index (Phi) is 7.33. The average Bonchev–Trinajstić information content (AvgIpc) is 3.22. The van der Waals surface area contributed by atoms with Crippen molar-refractivity contribution in [3.63, 3.8) is 0 Å². The number of aromatic amines is 1. The topological polar surface area (TPSA) is 84.1 Å². The molecule has 6 nitrogen and oxygen atoms in total. The van der Waals surface area contributed by atoms with E-state index in [9.17, 15) is 34.8 Å². The standard InChI is InChI=1S/C25H21F6N3O3S/c1-38(35,36)34-19-5-3-2-4-18(19)16-9-12-20-21(14-16)33-22(32-20)13-8-15-6-10-17(11-7-15)37-23(24(26,27)28)25(29,30)31/h2-7,9-12,14,23,34H,8,13H2,1H3,(H,32,33). The lowest BCUT2D eigenvalue weighted by molar-refractivity contribution is -0.299. The van der Waals surface area contributed by atoms with E-state index in [0.717, 1.165) is 24.0 Å². The van der Waals surface area contributed by atoms with Crippen molar-refractivity contribution in [1.29, 1.82) is 0 Å². The second-order valence-electron chi connectivity index (χ2n) is 8.56. The molecule has 4 aromatic rings. The molecule has 0 bridgehead atoms. The molecule has 202 valence electrons. The SMILES string of the molecule is CS(=O)(=O)Nc1ccccc1-c1ccc2nc(CCc3ccc(OC(C(F)(F)F)C(F)(F)F)cc3)[nH]c2c1. The number of nitrogens with zero attached hydrogens (tertiary/aromatic N) is 1. The first-order chi connectivity index (χ1) is 17.7. The number of hydrogen-bond acceptors (Lipinski definition) is 4. The van der Waals surface area contributed by atoms with Crippen LogP contribution in [-0.2, 0) is 22.9 Å². The van der Waals surface area contributed by atoms with Crippen molar-refractivity contribution in [2.75, 3.05) is 11.0 Å². The maximum absolute atomic E-state index is 12.7. The van der Waals surface area contributed by atoms with Crippen molar-refractivity contribution in [3.8, 4) is 16.9 Å². The van der Waals surface area contributed by atoms with Crippen molar-refractivity contribution >= 4 is 26.7 Å². The molecular weight excluding hydrogens is 536 g/mol. The third-order valence-corrected chi connectivity index (χ3v) is 6.08. The maximum Gasteiger partial charge on any atom is 0.434 e. The predicted octanol–water partition coefficient (Wildman–Crippen LogP) is 6.26. The van der Waals surface area contributed by atoms with Crippen LogP contribution in [0.15, 0.2) is 66.7 Å². The number of H-pyrrole nitrogens is 1. The number of para-hydroxylation sites is 1. The lowest BCUT2D eigenvalue weighted by Gasteiger charge is -2.23. The molecule has 0 atom stereocenters. The van der Waals surface area contributed by atoms with Crippen molar-refractivity contribution < 1.29 is 39.5 Å². The smallest absolute Gasteiger partial charge is 0.434 e. The number of fused-ring (bicyclic) bond motifs is 1. The summed E-state index contributed by atoms with van der Waals surface area (Å²) >= 11 is 0. The fourth-order valence-electron chi connectivity index (χ4n) is 3.82. The molecule has 13 heteroatoms. The molecule has 2 N–H and O–H groups in total. The highest BCUT2D eigenvalue weighted by Gasteiger charge is 2.59. The third-order valence-electron chi connectivity index (χ3n) is 5.49. The quantitative estimate of drug-likeness (QED) is 0.251. The Hall–Kier alpha value is -3.74. The fourth-order valence-corrected chi connectivity index (χ4v) is 4.40. The lowest BCUT2D eigenvalue weighted by Crippen LogP contribution is -2.46. The summed E-state index contributed by atoms with van der Waals surface area (Å²) in [4.78, 5) is 7.70. The molecule has 0 saturated heterocycles. The molecule has 1 heterocycles. The number of halogens is 6. The number of rotatable bonds is 8. The van der Waals surface area contributed by atoms with E-state index < -0.39 is 34.2 Å². The van der Waals surface area contributed by atoms with Crippen LogP contribution in [-0.4, -0.2) is 43.1 Å². The van der Waals surface area contributed by atoms with E-state index in [0.29, 0.717) is 46.5 Å². The molecular formula is C25H21F6N3O3S. The number of anilines is 1. The van der Waals surface area contributed by atoms with Gasteiger partial charge in [-0.2, -0.15) is 26.3 Å². The summed E-state index contributed by atoms with van der Waals surface area (Å²) in [5, 5.41) is 0. The molecule has 0 spiro atoms. The summed E-state index contributed by atoms with van der Waals surface area (Å²) in [6, 6.07) is 17.3. The first-order valence-corrected chi connectivity index (χ1v) is 13.0. The number of ether oxygens (including phenoxy) is 1. The molecule has 4 rings (SSSR count). The molecule has 1 aromatic heterocycles. The minimum atomic E-state index is -5.59. The number of sulfonamides is 1. The Bertz CT molecular complexity index is 1520. The van der Waals surface area contributed by atoms with E-state index in [-0.39, 0.29) is 0 Å². The molecule has 0 amide bonds. The van der Waals surface area contributed by atoms with Gasteiger partial charge < -0.3 is 9.72 Å². The number of benzene rings is 3. The van der Waals surface area contributed by atoms with Gasteiger partial charge in [0.1, 0.15) is 11.6 Å². The third kappa shape index (κ3) is 6.77. The monoisotopic (exact) mass is 557 g/mol. The van der Waals surface area contributed by atoms with Gasteiger partial charge in [-0.1, -0.05) is 36.4 Å². The van der Waals surface area contributed by atoms with E-state index in [4.69, 9.17) is 0 Å². The summed E-state index contributed by atoms with van der Waals surface area (Å²) in [6.07, 6.45) is -13.2. The van der Waals surface area contributed by atoms with Gasteiger partial charge in [-0.25, -0.2) is 13.4 Å². The van der Waals surface area contributed by atoms with E-state index in [1.54, 1.807) is 30.3 Å². The molecule has 0 aliphatic rings. The van der Waals surface area contributed by atoms with Gasteiger partial charge in [-0.3, -0.25) is 4.72 Å². The Morgan fingerprint density at radius 1 is 0.921 bits per heavy atom. The minimum absolute atomic E-state index is 0.413. The first kappa shape index (κ1) is 27.3. The number of aryl methyl sites for hydroxylation is 2. The van der Waals surface area contributed by atoms with Crippen LogP contribution in [0.5, 0.6) is 5.75 Å². The van der Waals surface area contributed by atoms with Crippen LogP contribution < -0.4 is 9.46 Å². The van der Waals surface area contributed by atoms with Crippen molar-refractivity contribution in [2.45, 2.75) is 31.3 Å². The zero-order valence-electron chi connectivity index (χ0n) is 19.7. The van der Waals surface area contributed by atoms with Gasteiger partial charge in [0.15, 0.2) is 0 Å². The Labute approximate surface area is 213 Å². The van der Waals surface area contributed by atoms with Crippen LogP contribution in [0.3, 0.4) is 0 Å². The zero-order chi connectivity index (χ0) is 27.7. The molecule has 0 unspecified atom stereocenters. The normalized spacial score (nSPS) is 12.7. The number of imidazole rings is 1. The van der Waals surface area contributed by atoms with Gasteiger partial charge in [0.25, 0.3) is 6.10 Å². The van der Waals surface area contributed by atoms with Crippen LogP contribution in [0, 0.1) is 0 Å². The molecule has 38 heavy (non-hydrogen) atoms. The Morgan fingerprint density at radius 3 is 2.21 bits per heavy atom. The Morgan fingerprint density at radius 2 is 1.58 bits per heavy atom. The lowest BCUT2D eigenvalue weighted by atomic mass is 10.0. The number of alkyl halides is 6.